The van der Waals surface area contributed by atoms with Crippen molar-refractivity contribution in [1.29, 1.82) is 0 Å². The van der Waals surface area contributed by atoms with Crippen molar-refractivity contribution in [1.82, 2.24) is 0 Å². The van der Waals surface area contributed by atoms with Gasteiger partial charge in [-0.1, -0.05) is 64.2 Å². The lowest BCUT2D eigenvalue weighted by Crippen LogP contribution is -2.46. The van der Waals surface area contributed by atoms with Gasteiger partial charge in [-0.25, -0.2) is 0 Å². The maximum atomic E-state index is 10.1. The topological polar surface area (TPSA) is 20.2 Å². The van der Waals surface area contributed by atoms with Crippen molar-refractivity contribution in [3.05, 3.63) is 12.7 Å². The van der Waals surface area contributed by atoms with Crippen LogP contribution >= 0.6 is 0 Å². The van der Waals surface area contributed by atoms with Gasteiger partial charge in [0, 0.05) is 0 Å². The van der Waals surface area contributed by atoms with Gasteiger partial charge in [0.1, 0.15) is 0 Å². The van der Waals surface area contributed by atoms with Crippen LogP contribution in [-0.2, 0) is 0 Å². The molecule has 0 aromatic heterocycles. The predicted molar refractivity (Wildman–Crippen MR) is 67.3 cm³/mol. The van der Waals surface area contributed by atoms with Gasteiger partial charge in [0.2, 0.25) is 0 Å². The van der Waals surface area contributed by atoms with E-state index < -0.39 is 8.07 Å². The highest BCUT2D eigenvalue weighted by atomic mass is 28.3. The summed E-state index contributed by atoms with van der Waals surface area (Å²) < 4.78 is 0. The minimum Gasteiger partial charge on any atom is -0.393 e. The first-order chi connectivity index (χ1) is 6.66. The molecule has 0 radical (unpaired) electrons. The lowest BCUT2D eigenvalue weighted by atomic mass is 10.5. The highest BCUT2D eigenvalue weighted by Crippen LogP contribution is 2.29. The monoisotopic (exact) mass is 214 g/mol. The summed E-state index contributed by atoms with van der Waals surface area (Å²) in [4.78, 5) is 0. The fourth-order valence-electron chi connectivity index (χ4n) is 2.56. The summed E-state index contributed by atoms with van der Waals surface area (Å²) >= 11 is 0. The standard InChI is InChI=1S/C12H26OSi/c1-5-9-14(10-6-2,11-7-3)12(13)8-4/h8,12-13H,4-7,9-11H2,1-3H3/t12-/m1/s1. The Morgan fingerprint density at radius 3 is 1.64 bits per heavy atom. The van der Waals surface area contributed by atoms with Crippen LogP contribution in [0, 0.1) is 0 Å². The predicted octanol–water partition coefficient (Wildman–Crippen LogP) is 3.75. The molecule has 0 rings (SSSR count). The fraction of sp³-hybridized carbons (Fsp3) is 0.833. The fourth-order valence-corrected chi connectivity index (χ4v) is 7.69. The Kier molecular flexibility index (Phi) is 7.20. The lowest BCUT2D eigenvalue weighted by Gasteiger charge is -2.34. The van der Waals surface area contributed by atoms with E-state index in [2.05, 4.69) is 27.4 Å². The van der Waals surface area contributed by atoms with E-state index in [4.69, 9.17) is 0 Å². The molecule has 0 bridgehead atoms. The number of aliphatic hydroxyl groups excluding tert-OH is 1. The zero-order valence-corrected chi connectivity index (χ0v) is 11.1. The van der Waals surface area contributed by atoms with E-state index in [9.17, 15) is 5.11 Å². The average molecular weight is 214 g/mol. The summed E-state index contributed by atoms with van der Waals surface area (Å²) in [5, 5.41) is 10.1. The van der Waals surface area contributed by atoms with E-state index in [1.54, 1.807) is 6.08 Å². The number of rotatable bonds is 8. The smallest absolute Gasteiger partial charge is 0.0921 e. The van der Waals surface area contributed by atoms with Gasteiger partial charge < -0.3 is 5.11 Å². The Bertz CT molecular complexity index is 139. The third kappa shape index (κ3) is 3.58. The third-order valence-electron chi connectivity index (χ3n) is 3.09. The van der Waals surface area contributed by atoms with Gasteiger partial charge in [0.05, 0.1) is 13.8 Å². The van der Waals surface area contributed by atoms with Crippen molar-refractivity contribution in [2.75, 3.05) is 0 Å². The molecule has 2 heteroatoms. The number of hydrogen-bond acceptors (Lipinski definition) is 1. The second-order valence-corrected chi connectivity index (χ2v) is 9.11. The van der Waals surface area contributed by atoms with E-state index in [-0.39, 0.29) is 5.73 Å². The van der Waals surface area contributed by atoms with Gasteiger partial charge in [-0.3, -0.25) is 0 Å². The van der Waals surface area contributed by atoms with E-state index in [1.165, 1.54) is 37.4 Å². The third-order valence-corrected chi connectivity index (χ3v) is 9.07. The molecular weight excluding hydrogens is 188 g/mol. The second-order valence-electron chi connectivity index (χ2n) is 4.29. The SMILES string of the molecule is C=C[C@H](O)[Si](CCC)(CCC)CCC. The normalized spacial score (nSPS) is 14.0. The molecule has 1 N–H and O–H groups in total. The van der Waals surface area contributed by atoms with Crippen LogP contribution in [-0.4, -0.2) is 18.9 Å². The molecule has 84 valence electrons. The molecule has 0 unspecified atom stereocenters. The van der Waals surface area contributed by atoms with Crippen LogP contribution in [0.5, 0.6) is 0 Å². The molecule has 0 aliphatic carbocycles. The minimum atomic E-state index is -1.46. The van der Waals surface area contributed by atoms with Crippen molar-refractivity contribution in [3.8, 4) is 0 Å². The van der Waals surface area contributed by atoms with Crippen molar-refractivity contribution in [2.45, 2.75) is 63.9 Å². The van der Waals surface area contributed by atoms with Gasteiger partial charge in [-0.05, 0) is 0 Å². The van der Waals surface area contributed by atoms with Gasteiger partial charge >= 0.3 is 0 Å². The maximum Gasteiger partial charge on any atom is 0.0921 e. The van der Waals surface area contributed by atoms with Crippen LogP contribution in [0.25, 0.3) is 0 Å². The Morgan fingerprint density at radius 2 is 1.43 bits per heavy atom. The highest BCUT2D eigenvalue weighted by Gasteiger charge is 2.36. The molecule has 0 saturated heterocycles. The van der Waals surface area contributed by atoms with Crippen LogP contribution in [0.3, 0.4) is 0 Å². The number of hydrogen-bond donors (Lipinski definition) is 1. The molecule has 1 nitrogen and oxygen atoms in total. The Morgan fingerprint density at radius 1 is 1.07 bits per heavy atom. The molecule has 0 aliphatic heterocycles. The number of aliphatic hydroxyl groups is 1. The molecule has 0 aromatic rings. The van der Waals surface area contributed by atoms with Gasteiger partial charge in [-0.2, -0.15) is 0 Å². The first-order valence-electron chi connectivity index (χ1n) is 5.97. The summed E-state index contributed by atoms with van der Waals surface area (Å²) in [5.41, 5.74) is -0.192. The van der Waals surface area contributed by atoms with Crippen LogP contribution in [0.15, 0.2) is 12.7 Å². The molecule has 1 atom stereocenters. The van der Waals surface area contributed by atoms with Gasteiger partial charge in [0.25, 0.3) is 0 Å². The lowest BCUT2D eigenvalue weighted by molar-refractivity contribution is 0.286. The van der Waals surface area contributed by atoms with Crippen molar-refractivity contribution >= 4 is 8.07 Å². The van der Waals surface area contributed by atoms with Gasteiger partial charge in [0.15, 0.2) is 0 Å². The van der Waals surface area contributed by atoms with Gasteiger partial charge in [-0.15, -0.1) is 6.58 Å². The average Bonchev–Trinajstić information content (AvgIpc) is 2.17. The van der Waals surface area contributed by atoms with Crippen LogP contribution in [0.4, 0.5) is 0 Å². The summed E-state index contributed by atoms with van der Waals surface area (Å²) in [5.74, 6) is 0. The first kappa shape index (κ1) is 13.9. The van der Waals surface area contributed by atoms with Crippen molar-refractivity contribution in [3.63, 3.8) is 0 Å². The summed E-state index contributed by atoms with van der Waals surface area (Å²) in [6, 6.07) is 3.76. The highest BCUT2D eigenvalue weighted by molar-refractivity contribution is 6.81. The second kappa shape index (κ2) is 7.24. The Labute approximate surface area is 90.2 Å². The maximum absolute atomic E-state index is 10.1. The molecule has 0 saturated carbocycles. The van der Waals surface area contributed by atoms with Crippen LogP contribution in [0.2, 0.25) is 18.1 Å². The van der Waals surface area contributed by atoms with Crippen molar-refractivity contribution in [2.24, 2.45) is 0 Å². The Balaban J connectivity index is 4.61. The minimum absolute atomic E-state index is 0.192. The summed E-state index contributed by atoms with van der Waals surface area (Å²) in [7, 11) is -1.46. The van der Waals surface area contributed by atoms with E-state index in [0.29, 0.717) is 0 Å². The molecule has 0 fully saturated rings. The molecule has 0 amide bonds. The zero-order chi connectivity index (χ0) is 11.0. The first-order valence-corrected chi connectivity index (χ1v) is 8.67. The molecule has 0 spiro atoms. The molecule has 0 aromatic carbocycles. The zero-order valence-electron chi connectivity index (χ0n) is 10.1. The Hall–Kier alpha value is -0.0831. The van der Waals surface area contributed by atoms with Crippen LogP contribution in [0.1, 0.15) is 40.0 Å². The molecule has 14 heavy (non-hydrogen) atoms. The van der Waals surface area contributed by atoms with E-state index in [0.717, 1.165) is 0 Å². The summed E-state index contributed by atoms with van der Waals surface area (Å²) in [6.45, 7) is 10.4. The molecule has 0 heterocycles. The molecule has 0 aliphatic rings. The van der Waals surface area contributed by atoms with E-state index in [1.807, 2.05) is 0 Å². The van der Waals surface area contributed by atoms with Crippen LogP contribution < -0.4 is 0 Å². The molecular formula is C12H26OSi. The largest absolute Gasteiger partial charge is 0.393 e. The summed E-state index contributed by atoms with van der Waals surface area (Å²) in [6.07, 6.45) is 5.39. The van der Waals surface area contributed by atoms with E-state index >= 15 is 0 Å². The van der Waals surface area contributed by atoms with Crippen molar-refractivity contribution < 1.29 is 5.11 Å². The quantitative estimate of drug-likeness (QED) is 0.482.